The molecule has 67 heavy (non-hydrogen) atoms. The van der Waals surface area contributed by atoms with Gasteiger partial charge >= 0.3 is 0 Å². The number of hydrogen-bond donors (Lipinski definition) is 0. The van der Waals surface area contributed by atoms with E-state index in [1.165, 1.54) is 65.7 Å². The van der Waals surface area contributed by atoms with Crippen molar-refractivity contribution in [1.82, 2.24) is 15.0 Å². The quantitative estimate of drug-likeness (QED) is 0.118. The van der Waals surface area contributed by atoms with Gasteiger partial charge in [0.1, 0.15) is 0 Å². The van der Waals surface area contributed by atoms with Crippen LogP contribution in [-0.4, -0.2) is 15.0 Å². The highest BCUT2D eigenvalue weighted by atomic mass is 15.0. The number of hydrogen-bond acceptors (Lipinski definition) is 3. The van der Waals surface area contributed by atoms with Gasteiger partial charge in [-0.2, -0.15) is 0 Å². The summed E-state index contributed by atoms with van der Waals surface area (Å²) < 4.78 is 0. The van der Waals surface area contributed by atoms with Gasteiger partial charge in [0.15, 0.2) is 17.5 Å². The van der Waals surface area contributed by atoms with Gasteiger partial charge in [-0.05, 0) is 100 Å². The summed E-state index contributed by atoms with van der Waals surface area (Å²) >= 11 is 0. The first-order valence-corrected chi connectivity index (χ1v) is 22.9. The summed E-state index contributed by atoms with van der Waals surface area (Å²) in [4.78, 5) is 16.5. The molecular weight excluding hydrogens is 811 g/mol. The van der Waals surface area contributed by atoms with E-state index >= 15 is 0 Å². The molecule has 0 saturated carbocycles. The number of aromatic nitrogens is 3. The van der Waals surface area contributed by atoms with Crippen LogP contribution < -0.4 is 0 Å². The maximum atomic E-state index is 5.54. The molecule has 1 aliphatic rings. The minimum Gasteiger partial charge on any atom is -0.208 e. The maximum absolute atomic E-state index is 5.54. The van der Waals surface area contributed by atoms with E-state index in [0.29, 0.717) is 17.5 Å². The van der Waals surface area contributed by atoms with Crippen LogP contribution in [0.15, 0.2) is 249 Å². The van der Waals surface area contributed by atoms with Gasteiger partial charge < -0.3 is 0 Å². The Kier molecular flexibility index (Phi) is 9.07. The van der Waals surface area contributed by atoms with Crippen molar-refractivity contribution in [3.05, 3.63) is 271 Å². The molecule has 0 saturated heterocycles. The van der Waals surface area contributed by atoms with Crippen LogP contribution >= 0.6 is 0 Å². The third-order valence-electron chi connectivity index (χ3n) is 13.8. The van der Waals surface area contributed by atoms with E-state index in [-0.39, 0.29) is 0 Å². The van der Waals surface area contributed by atoms with Crippen molar-refractivity contribution in [3.63, 3.8) is 0 Å². The smallest absolute Gasteiger partial charge is 0.164 e. The molecule has 1 aliphatic carbocycles. The third kappa shape index (κ3) is 6.16. The van der Waals surface area contributed by atoms with E-state index in [1.807, 2.05) is 0 Å². The Hall–Kier alpha value is -8.79. The Balaban J connectivity index is 1.09. The fourth-order valence-corrected chi connectivity index (χ4v) is 10.9. The van der Waals surface area contributed by atoms with Crippen LogP contribution in [-0.2, 0) is 5.41 Å². The average Bonchev–Trinajstić information content (AvgIpc) is 3.71. The summed E-state index contributed by atoms with van der Waals surface area (Å²) in [6.45, 7) is 0. The highest BCUT2D eigenvalue weighted by Crippen LogP contribution is 2.56. The van der Waals surface area contributed by atoms with Crippen molar-refractivity contribution in [2.24, 2.45) is 0 Å². The molecular formula is C64H41N3. The van der Waals surface area contributed by atoms with Gasteiger partial charge in [0.25, 0.3) is 0 Å². The molecule has 312 valence electrons. The Labute approximate surface area is 389 Å². The maximum Gasteiger partial charge on any atom is 0.164 e. The first-order chi connectivity index (χ1) is 33.2. The molecule has 0 unspecified atom stereocenters. The van der Waals surface area contributed by atoms with Crippen molar-refractivity contribution in [2.45, 2.75) is 5.41 Å². The standard InChI is InChI=1S/C64H41N3/c1-4-20-42(21-5-1)48-28-14-16-33-55(48)62-65-61(45-37-38-52-51-31-18-19-35-58(51)64(59(52)41-45,46-24-6-2-7-25-46)47-26-8-3-9-27-47)66-63(67-62)56-34-17-15-32-53(56)60-50-30-13-11-23-44(50)40-57-49-29-12-10-22-43(49)36-39-54(57)60/h1-41H. The summed E-state index contributed by atoms with van der Waals surface area (Å²) in [6.07, 6.45) is 0. The van der Waals surface area contributed by atoms with Crippen LogP contribution in [0.4, 0.5) is 0 Å². The van der Waals surface area contributed by atoms with Gasteiger partial charge in [-0.3, -0.25) is 0 Å². The monoisotopic (exact) mass is 851 g/mol. The van der Waals surface area contributed by atoms with E-state index < -0.39 is 5.41 Å². The van der Waals surface area contributed by atoms with Crippen molar-refractivity contribution in [3.8, 4) is 67.5 Å². The Morgan fingerprint density at radius 3 is 1.46 bits per heavy atom. The van der Waals surface area contributed by atoms with Gasteiger partial charge in [-0.15, -0.1) is 0 Å². The highest BCUT2D eigenvalue weighted by Gasteiger charge is 2.46. The van der Waals surface area contributed by atoms with Crippen LogP contribution in [0.25, 0.3) is 99.9 Å². The molecule has 0 spiro atoms. The van der Waals surface area contributed by atoms with E-state index in [2.05, 4.69) is 249 Å². The molecule has 0 N–H and O–H groups in total. The van der Waals surface area contributed by atoms with E-state index in [9.17, 15) is 0 Å². The first kappa shape index (κ1) is 38.6. The molecule has 0 fully saturated rings. The zero-order valence-corrected chi connectivity index (χ0v) is 36.5. The van der Waals surface area contributed by atoms with Crippen molar-refractivity contribution >= 4 is 32.3 Å². The summed E-state index contributed by atoms with van der Waals surface area (Å²) in [5.74, 6) is 1.84. The second kappa shape index (κ2) is 15.7. The average molecular weight is 852 g/mol. The number of benzene rings is 11. The van der Waals surface area contributed by atoms with Crippen molar-refractivity contribution in [1.29, 1.82) is 0 Å². The zero-order chi connectivity index (χ0) is 44.3. The Morgan fingerprint density at radius 1 is 0.254 bits per heavy atom. The molecule has 3 nitrogen and oxygen atoms in total. The fourth-order valence-electron chi connectivity index (χ4n) is 10.9. The summed E-state index contributed by atoms with van der Waals surface area (Å²) in [6, 6.07) is 89.4. The number of nitrogens with zero attached hydrogens (tertiary/aromatic N) is 3. The van der Waals surface area contributed by atoms with Gasteiger partial charge in [0.05, 0.1) is 5.41 Å². The van der Waals surface area contributed by atoms with Gasteiger partial charge in [-0.25, -0.2) is 15.0 Å². The minimum absolute atomic E-state index is 0.574. The summed E-state index contributed by atoms with van der Waals surface area (Å²) in [5.41, 5.74) is 13.9. The molecule has 0 amide bonds. The van der Waals surface area contributed by atoms with Crippen LogP contribution in [0.5, 0.6) is 0 Å². The predicted molar refractivity (Wildman–Crippen MR) is 277 cm³/mol. The molecule has 3 heteroatoms. The molecule has 0 aliphatic heterocycles. The predicted octanol–water partition coefficient (Wildman–Crippen LogP) is 16.0. The van der Waals surface area contributed by atoms with Crippen molar-refractivity contribution < 1.29 is 0 Å². The third-order valence-corrected chi connectivity index (χ3v) is 13.8. The molecule has 0 bridgehead atoms. The molecule has 12 aromatic rings. The second-order valence-electron chi connectivity index (χ2n) is 17.4. The van der Waals surface area contributed by atoms with Gasteiger partial charge in [0.2, 0.25) is 0 Å². The molecule has 11 aromatic carbocycles. The van der Waals surface area contributed by atoms with Crippen LogP contribution in [0.1, 0.15) is 22.3 Å². The van der Waals surface area contributed by atoms with Gasteiger partial charge in [0, 0.05) is 16.7 Å². The lowest BCUT2D eigenvalue weighted by atomic mass is 9.67. The number of fused-ring (bicyclic) bond motifs is 7. The number of rotatable bonds is 7. The lowest BCUT2D eigenvalue weighted by Crippen LogP contribution is -2.28. The van der Waals surface area contributed by atoms with Crippen molar-refractivity contribution in [2.75, 3.05) is 0 Å². The van der Waals surface area contributed by atoms with Crippen LogP contribution in [0.2, 0.25) is 0 Å². The van der Waals surface area contributed by atoms with E-state index in [0.717, 1.165) is 38.9 Å². The van der Waals surface area contributed by atoms with Crippen LogP contribution in [0.3, 0.4) is 0 Å². The minimum atomic E-state index is -0.574. The summed E-state index contributed by atoms with van der Waals surface area (Å²) in [5, 5.41) is 7.21. The Morgan fingerprint density at radius 2 is 0.761 bits per heavy atom. The zero-order valence-electron chi connectivity index (χ0n) is 36.5. The molecule has 1 heterocycles. The fraction of sp³-hybridized carbons (Fsp3) is 0.0156. The first-order valence-electron chi connectivity index (χ1n) is 22.9. The summed E-state index contributed by atoms with van der Waals surface area (Å²) in [7, 11) is 0. The molecule has 1 aromatic heterocycles. The largest absolute Gasteiger partial charge is 0.208 e. The molecule has 0 atom stereocenters. The normalized spacial score (nSPS) is 12.6. The SMILES string of the molecule is c1ccc(-c2ccccc2-c2nc(-c3ccc4c(c3)C(c3ccccc3)(c3ccccc3)c3ccccc3-4)nc(-c3ccccc3-c3c4ccccc4cc4c3ccc3ccccc34)n2)cc1. The Bertz CT molecular complexity index is 3820. The van der Waals surface area contributed by atoms with E-state index in [4.69, 9.17) is 15.0 Å². The highest BCUT2D eigenvalue weighted by molar-refractivity contribution is 6.21. The van der Waals surface area contributed by atoms with E-state index in [1.54, 1.807) is 0 Å². The molecule has 0 radical (unpaired) electrons. The second-order valence-corrected chi connectivity index (χ2v) is 17.4. The lowest BCUT2D eigenvalue weighted by molar-refractivity contribution is 0.768. The van der Waals surface area contributed by atoms with Crippen LogP contribution in [0, 0.1) is 0 Å². The van der Waals surface area contributed by atoms with Gasteiger partial charge in [-0.1, -0.05) is 237 Å². The topological polar surface area (TPSA) is 38.7 Å². The molecule has 13 rings (SSSR count). The lowest BCUT2D eigenvalue weighted by Gasteiger charge is -2.34.